The summed E-state index contributed by atoms with van der Waals surface area (Å²) in [6, 6.07) is 6.85. The summed E-state index contributed by atoms with van der Waals surface area (Å²) >= 11 is 0. The van der Waals surface area contributed by atoms with Gasteiger partial charge in [0.05, 0.1) is 6.04 Å². The number of ether oxygens (including phenoxy) is 1. The van der Waals surface area contributed by atoms with E-state index in [4.69, 9.17) is 10.5 Å². The minimum absolute atomic E-state index is 0.0946. The zero-order valence-corrected chi connectivity index (χ0v) is 15.7. The number of aromatic nitrogens is 2. The molecule has 9 nitrogen and oxygen atoms in total. The average molecular weight is 375 g/mol. The van der Waals surface area contributed by atoms with E-state index in [1.165, 1.54) is 4.90 Å². The number of benzene rings is 1. The van der Waals surface area contributed by atoms with Gasteiger partial charge in [-0.2, -0.15) is 0 Å². The lowest BCUT2D eigenvalue weighted by atomic mass is 10.0. The van der Waals surface area contributed by atoms with Gasteiger partial charge in [0.1, 0.15) is 17.3 Å². The van der Waals surface area contributed by atoms with E-state index in [0.717, 1.165) is 12.0 Å². The Morgan fingerprint density at radius 3 is 2.70 bits per heavy atom. The van der Waals surface area contributed by atoms with Crippen LogP contribution in [-0.2, 0) is 0 Å². The predicted molar refractivity (Wildman–Crippen MR) is 104 cm³/mol. The van der Waals surface area contributed by atoms with E-state index in [1.54, 1.807) is 25.2 Å². The number of rotatable bonds is 7. The highest BCUT2D eigenvalue weighted by Gasteiger charge is 2.16. The first kappa shape index (κ1) is 20.1. The van der Waals surface area contributed by atoms with Crippen molar-refractivity contribution in [1.29, 1.82) is 0 Å². The molecule has 2 aromatic rings. The fourth-order valence-corrected chi connectivity index (χ4v) is 2.50. The zero-order chi connectivity index (χ0) is 20.0. The molecule has 9 heteroatoms. The number of amides is 1. The summed E-state index contributed by atoms with van der Waals surface area (Å²) in [5.41, 5.74) is 5.22. The molecule has 1 aromatic heterocycles. The number of hydrogen-bond donors (Lipinski definition) is 4. The summed E-state index contributed by atoms with van der Waals surface area (Å²) < 4.78 is 5.37. The highest BCUT2D eigenvalue weighted by atomic mass is 16.6. The van der Waals surface area contributed by atoms with Crippen molar-refractivity contribution in [2.45, 2.75) is 32.7 Å². The van der Waals surface area contributed by atoms with Crippen molar-refractivity contribution in [2.24, 2.45) is 0 Å². The van der Waals surface area contributed by atoms with Crippen LogP contribution < -0.4 is 27.0 Å². The predicted octanol–water partition coefficient (Wildman–Crippen LogP) is 2.05. The standard InChI is InChI=1S/C18H25N5O4/c1-4-7-13(20-15-14(19)16(24)22-17(25)21-15)11-8-6-9-12(10-11)27-18(26)23(3)5-2/h6,8-10,13H,4-5,7,19H2,1-3H3,(H3,20,21,22,24,25). The summed E-state index contributed by atoms with van der Waals surface area (Å²) in [4.78, 5) is 41.2. The number of nitrogens with one attached hydrogen (secondary N) is 3. The molecule has 146 valence electrons. The molecule has 0 saturated heterocycles. The van der Waals surface area contributed by atoms with Crippen LogP contribution in [0.4, 0.5) is 16.3 Å². The number of H-pyrrole nitrogens is 2. The second kappa shape index (κ2) is 8.93. The van der Waals surface area contributed by atoms with Crippen molar-refractivity contribution < 1.29 is 9.53 Å². The smallest absolute Gasteiger partial charge is 0.410 e. The first-order valence-electron chi connectivity index (χ1n) is 8.77. The van der Waals surface area contributed by atoms with Crippen molar-refractivity contribution in [3.8, 4) is 5.75 Å². The fourth-order valence-electron chi connectivity index (χ4n) is 2.50. The number of anilines is 2. The topological polar surface area (TPSA) is 133 Å². The summed E-state index contributed by atoms with van der Waals surface area (Å²) in [5, 5.41) is 3.11. The van der Waals surface area contributed by atoms with Crippen LogP contribution in [0.1, 0.15) is 38.3 Å². The van der Waals surface area contributed by atoms with Crippen LogP contribution in [0.5, 0.6) is 5.75 Å². The molecule has 0 bridgehead atoms. The van der Waals surface area contributed by atoms with E-state index >= 15 is 0 Å². The van der Waals surface area contributed by atoms with Gasteiger partial charge >= 0.3 is 11.8 Å². The second-order valence-electron chi connectivity index (χ2n) is 6.14. The molecule has 27 heavy (non-hydrogen) atoms. The van der Waals surface area contributed by atoms with Gasteiger partial charge in [0.2, 0.25) is 0 Å². The molecule has 1 aromatic carbocycles. The van der Waals surface area contributed by atoms with Crippen LogP contribution in [0, 0.1) is 0 Å². The van der Waals surface area contributed by atoms with Crippen LogP contribution in [0.2, 0.25) is 0 Å². The van der Waals surface area contributed by atoms with Crippen molar-refractivity contribution in [1.82, 2.24) is 14.9 Å². The maximum Gasteiger partial charge on any atom is 0.414 e. The Bertz CT molecular complexity index is 905. The quantitative estimate of drug-likeness (QED) is 0.585. The largest absolute Gasteiger partial charge is 0.414 e. The summed E-state index contributed by atoms with van der Waals surface area (Å²) in [6.45, 7) is 4.40. The molecule has 1 amide bonds. The molecule has 0 spiro atoms. The Kier molecular flexibility index (Phi) is 6.64. The highest BCUT2D eigenvalue weighted by molar-refractivity contribution is 5.70. The lowest BCUT2D eigenvalue weighted by Gasteiger charge is -2.21. The third-order valence-electron chi connectivity index (χ3n) is 4.13. The molecule has 2 rings (SSSR count). The number of nitrogens with two attached hydrogens (primary N) is 1. The molecular weight excluding hydrogens is 350 g/mol. The highest BCUT2D eigenvalue weighted by Crippen LogP contribution is 2.27. The van der Waals surface area contributed by atoms with Crippen LogP contribution in [0.15, 0.2) is 33.9 Å². The van der Waals surface area contributed by atoms with Gasteiger partial charge in [0.15, 0.2) is 0 Å². The molecule has 0 saturated carbocycles. The summed E-state index contributed by atoms with van der Waals surface area (Å²) in [7, 11) is 1.65. The number of carbonyl (C=O) groups excluding carboxylic acids is 1. The first-order valence-corrected chi connectivity index (χ1v) is 8.77. The van der Waals surface area contributed by atoms with Gasteiger partial charge < -0.3 is 20.7 Å². The SMILES string of the molecule is CCCC(Nc1[nH]c(=O)[nH]c(=O)c1N)c1cccc(OC(=O)N(C)CC)c1. The molecule has 5 N–H and O–H groups in total. The van der Waals surface area contributed by atoms with Gasteiger partial charge in [-0.05, 0) is 31.0 Å². The number of carbonyl (C=O) groups is 1. The monoisotopic (exact) mass is 375 g/mol. The normalized spacial score (nSPS) is 11.7. The Morgan fingerprint density at radius 1 is 1.30 bits per heavy atom. The lowest BCUT2D eigenvalue weighted by Crippen LogP contribution is -2.29. The first-order chi connectivity index (χ1) is 12.8. The third kappa shape index (κ3) is 5.13. The van der Waals surface area contributed by atoms with Crippen LogP contribution in [0.3, 0.4) is 0 Å². The number of hydrogen-bond acceptors (Lipinski definition) is 6. The Morgan fingerprint density at radius 2 is 2.04 bits per heavy atom. The molecule has 1 atom stereocenters. The van der Waals surface area contributed by atoms with Gasteiger partial charge in [0.25, 0.3) is 5.56 Å². The maximum absolute atomic E-state index is 12.0. The molecule has 0 fully saturated rings. The number of aromatic amines is 2. The molecule has 1 unspecified atom stereocenters. The van der Waals surface area contributed by atoms with Crippen molar-refractivity contribution in [3.05, 3.63) is 50.7 Å². The molecule has 0 aliphatic heterocycles. The lowest BCUT2D eigenvalue weighted by molar-refractivity contribution is 0.165. The van der Waals surface area contributed by atoms with Crippen molar-refractivity contribution in [3.63, 3.8) is 0 Å². The number of nitrogen functional groups attached to an aromatic ring is 1. The summed E-state index contributed by atoms with van der Waals surface area (Å²) in [6.07, 6.45) is 1.10. The van der Waals surface area contributed by atoms with Crippen LogP contribution in [-0.4, -0.2) is 34.6 Å². The Hall–Kier alpha value is -3.23. The van der Waals surface area contributed by atoms with Gasteiger partial charge in [-0.3, -0.25) is 14.8 Å². The van der Waals surface area contributed by atoms with Crippen LogP contribution in [0.25, 0.3) is 0 Å². The zero-order valence-electron chi connectivity index (χ0n) is 15.7. The Balaban J connectivity index is 2.29. The molecule has 0 aliphatic carbocycles. The van der Waals surface area contributed by atoms with E-state index in [0.29, 0.717) is 18.7 Å². The third-order valence-corrected chi connectivity index (χ3v) is 4.13. The van der Waals surface area contributed by atoms with Crippen molar-refractivity contribution >= 4 is 17.6 Å². The molecule has 0 aliphatic rings. The van der Waals surface area contributed by atoms with Gasteiger partial charge in [-0.1, -0.05) is 25.5 Å². The Labute approximate surface area is 156 Å². The average Bonchev–Trinajstić information content (AvgIpc) is 2.64. The minimum atomic E-state index is -0.651. The van der Waals surface area contributed by atoms with E-state index < -0.39 is 17.3 Å². The number of nitrogens with zero attached hydrogens (tertiary/aromatic N) is 1. The molecule has 0 radical (unpaired) electrons. The van der Waals surface area contributed by atoms with Gasteiger partial charge in [0, 0.05) is 13.6 Å². The van der Waals surface area contributed by atoms with E-state index in [2.05, 4.69) is 15.3 Å². The molecule has 1 heterocycles. The molecular formula is C18H25N5O4. The van der Waals surface area contributed by atoms with E-state index in [1.807, 2.05) is 19.9 Å². The van der Waals surface area contributed by atoms with E-state index in [-0.39, 0.29) is 17.5 Å². The minimum Gasteiger partial charge on any atom is -0.410 e. The van der Waals surface area contributed by atoms with Crippen molar-refractivity contribution in [2.75, 3.05) is 24.6 Å². The maximum atomic E-state index is 12.0. The second-order valence-corrected chi connectivity index (χ2v) is 6.14. The van der Waals surface area contributed by atoms with Gasteiger partial charge in [-0.15, -0.1) is 0 Å². The van der Waals surface area contributed by atoms with E-state index in [9.17, 15) is 14.4 Å². The van der Waals surface area contributed by atoms with Crippen LogP contribution >= 0.6 is 0 Å². The van der Waals surface area contributed by atoms with Gasteiger partial charge in [-0.25, -0.2) is 9.59 Å². The fraction of sp³-hybridized carbons (Fsp3) is 0.389. The summed E-state index contributed by atoms with van der Waals surface area (Å²) in [5.74, 6) is 0.573.